The Hall–Kier alpha value is -0.570. The number of nitrogens with one attached hydrogen (secondary N) is 1. The van der Waals surface area contributed by atoms with E-state index in [1.807, 2.05) is 0 Å². The number of likely N-dealkylation sites (tertiary alicyclic amines) is 2. The van der Waals surface area contributed by atoms with Gasteiger partial charge in [-0.25, -0.2) is 0 Å². The van der Waals surface area contributed by atoms with Crippen molar-refractivity contribution in [3.8, 4) is 0 Å². The van der Waals surface area contributed by atoms with E-state index in [0.717, 1.165) is 31.8 Å². The molecule has 2 aliphatic heterocycles. The van der Waals surface area contributed by atoms with Gasteiger partial charge in [-0.05, 0) is 31.6 Å². The number of nitrogens with zero attached hydrogens (tertiary/aromatic N) is 1. The molecule has 3 heteroatoms. The van der Waals surface area contributed by atoms with Gasteiger partial charge in [0.25, 0.3) is 0 Å². The van der Waals surface area contributed by atoms with Gasteiger partial charge in [0.15, 0.2) is 0 Å². The molecule has 2 heterocycles. The van der Waals surface area contributed by atoms with E-state index < -0.39 is 0 Å². The summed E-state index contributed by atoms with van der Waals surface area (Å²) in [6.07, 6.45) is 12.0. The molecule has 0 radical (unpaired) electrons. The van der Waals surface area contributed by atoms with Crippen LogP contribution in [0.2, 0.25) is 0 Å². The zero-order chi connectivity index (χ0) is 15.4. The Morgan fingerprint density at radius 2 is 1.73 bits per heavy atom. The monoisotopic (exact) mass is 307 g/mol. The molecular formula is C19H35N2O+. The highest BCUT2D eigenvalue weighted by Crippen LogP contribution is 2.23. The van der Waals surface area contributed by atoms with Gasteiger partial charge in [-0.1, -0.05) is 26.2 Å². The third-order valence-electron chi connectivity index (χ3n) is 6.31. The number of amides is 1. The van der Waals surface area contributed by atoms with Crippen LogP contribution in [0.1, 0.15) is 64.7 Å². The van der Waals surface area contributed by atoms with Gasteiger partial charge < -0.3 is 9.80 Å². The van der Waals surface area contributed by atoms with Crippen molar-refractivity contribution < 1.29 is 9.69 Å². The number of piperidine rings is 2. The molecule has 3 fully saturated rings. The highest BCUT2D eigenvalue weighted by Gasteiger charge is 2.32. The highest BCUT2D eigenvalue weighted by molar-refractivity contribution is 5.79. The lowest BCUT2D eigenvalue weighted by atomic mass is 9.87. The van der Waals surface area contributed by atoms with E-state index in [-0.39, 0.29) is 0 Å². The van der Waals surface area contributed by atoms with Gasteiger partial charge in [0.05, 0.1) is 19.6 Å². The molecule has 2 saturated heterocycles. The van der Waals surface area contributed by atoms with Crippen LogP contribution in [0.15, 0.2) is 0 Å². The van der Waals surface area contributed by atoms with Crippen LogP contribution in [0.5, 0.6) is 0 Å². The third-order valence-corrected chi connectivity index (χ3v) is 6.31. The summed E-state index contributed by atoms with van der Waals surface area (Å²) in [6, 6.07) is 0. The average Bonchev–Trinajstić information content (AvgIpc) is 2.56. The second kappa shape index (κ2) is 7.81. The van der Waals surface area contributed by atoms with Crippen LogP contribution in [0.4, 0.5) is 0 Å². The molecule has 0 aromatic heterocycles. The maximum absolute atomic E-state index is 12.7. The summed E-state index contributed by atoms with van der Waals surface area (Å²) in [6.45, 7) is 8.15. The van der Waals surface area contributed by atoms with Crippen LogP contribution in [-0.4, -0.2) is 43.5 Å². The summed E-state index contributed by atoms with van der Waals surface area (Å²) in [5.74, 6) is 2.48. The Kier molecular flexibility index (Phi) is 5.78. The summed E-state index contributed by atoms with van der Waals surface area (Å²) < 4.78 is 0. The number of hydrogen-bond acceptors (Lipinski definition) is 1. The van der Waals surface area contributed by atoms with Crippen LogP contribution in [0, 0.1) is 17.8 Å². The number of quaternary nitrogens is 1. The van der Waals surface area contributed by atoms with Crippen molar-refractivity contribution in [2.45, 2.75) is 64.7 Å². The smallest absolute Gasteiger partial charge is 0.226 e. The fourth-order valence-corrected chi connectivity index (χ4v) is 4.92. The Labute approximate surface area is 136 Å². The SMILES string of the molecule is C[C@@H]1CCCN(C(=O)C2CC[NH+](CC3CCCCC3)CC2)C1. The maximum atomic E-state index is 12.7. The molecule has 0 unspecified atom stereocenters. The number of carbonyl (C=O) groups excluding carboxylic acids is 1. The standard InChI is InChI=1S/C19H34N2O/c1-16-6-5-11-21(14-16)19(22)18-9-12-20(13-10-18)15-17-7-3-2-4-8-17/h16-18H,2-15H2,1H3/p+1/t16-/m1/s1. The predicted molar refractivity (Wildman–Crippen MR) is 89.8 cm³/mol. The molecule has 1 amide bonds. The maximum Gasteiger partial charge on any atom is 0.226 e. The second-order valence-corrected chi connectivity index (χ2v) is 8.26. The molecule has 0 aromatic rings. The Balaban J connectivity index is 1.41. The second-order valence-electron chi connectivity index (χ2n) is 8.26. The van der Waals surface area contributed by atoms with Crippen molar-refractivity contribution in [2.75, 3.05) is 32.7 Å². The molecule has 1 aliphatic carbocycles. The van der Waals surface area contributed by atoms with Crippen LogP contribution >= 0.6 is 0 Å². The molecule has 0 bridgehead atoms. The van der Waals surface area contributed by atoms with Crippen LogP contribution < -0.4 is 4.90 Å². The minimum Gasteiger partial charge on any atom is -0.342 e. The van der Waals surface area contributed by atoms with E-state index in [0.29, 0.717) is 17.7 Å². The first kappa shape index (κ1) is 16.3. The first-order chi connectivity index (χ1) is 10.7. The Bertz CT molecular complexity index is 356. The van der Waals surface area contributed by atoms with Gasteiger partial charge in [0.2, 0.25) is 5.91 Å². The van der Waals surface area contributed by atoms with E-state index in [9.17, 15) is 4.79 Å². The first-order valence-electron chi connectivity index (χ1n) is 9.84. The molecule has 0 spiro atoms. The third kappa shape index (κ3) is 4.24. The van der Waals surface area contributed by atoms with Gasteiger partial charge in [-0.15, -0.1) is 0 Å². The summed E-state index contributed by atoms with van der Waals surface area (Å²) in [5, 5.41) is 0. The van der Waals surface area contributed by atoms with E-state index in [1.165, 1.54) is 64.6 Å². The highest BCUT2D eigenvalue weighted by atomic mass is 16.2. The molecule has 3 aliphatic rings. The fourth-order valence-electron chi connectivity index (χ4n) is 4.92. The molecule has 22 heavy (non-hydrogen) atoms. The van der Waals surface area contributed by atoms with Crippen molar-refractivity contribution >= 4 is 5.91 Å². The normalized spacial score (nSPS) is 34.6. The summed E-state index contributed by atoms with van der Waals surface area (Å²) in [5.41, 5.74) is 0. The fraction of sp³-hybridized carbons (Fsp3) is 0.947. The Morgan fingerprint density at radius 3 is 2.41 bits per heavy atom. The number of carbonyl (C=O) groups is 1. The molecule has 1 N–H and O–H groups in total. The van der Waals surface area contributed by atoms with Crippen LogP contribution in [-0.2, 0) is 4.79 Å². The van der Waals surface area contributed by atoms with Crippen molar-refractivity contribution in [1.82, 2.24) is 4.90 Å². The minimum atomic E-state index is 0.334. The van der Waals surface area contributed by atoms with Crippen molar-refractivity contribution in [1.29, 1.82) is 0 Å². The Morgan fingerprint density at radius 1 is 1.00 bits per heavy atom. The molecule has 3 rings (SSSR count). The van der Waals surface area contributed by atoms with Gasteiger partial charge in [0.1, 0.15) is 0 Å². The molecule has 1 atom stereocenters. The van der Waals surface area contributed by atoms with Crippen molar-refractivity contribution in [2.24, 2.45) is 17.8 Å². The van der Waals surface area contributed by atoms with Crippen LogP contribution in [0.25, 0.3) is 0 Å². The van der Waals surface area contributed by atoms with Crippen molar-refractivity contribution in [3.05, 3.63) is 0 Å². The number of rotatable bonds is 3. The van der Waals surface area contributed by atoms with Crippen LogP contribution in [0.3, 0.4) is 0 Å². The zero-order valence-corrected chi connectivity index (χ0v) is 14.5. The topological polar surface area (TPSA) is 24.8 Å². The summed E-state index contributed by atoms with van der Waals surface area (Å²) >= 11 is 0. The first-order valence-corrected chi connectivity index (χ1v) is 9.84. The molecular weight excluding hydrogens is 272 g/mol. The molecule has 126 valence electrons. The number of hydrogen-bond donors (Lipinski definition) is 1. The molecule has 3 nitrogen and oxygen atoms in total. The molecule has 0 aromatic carbocycles. The largest absolute Gasteiger partial charge is 0.342 e. The van der Waals surface area contributed by atoms with Gasteiger partial charge in [-0.2, -0.15) is 0 Å². The predicted octanol–water partition coefficient (Wildman–Crippen LogP) is 2.12. The average molecular weight is 308 g/mol. The minimum absolute atomic E-state index is 0.334. The van der Waals surface area contributed by atoms with E-state index in [4.69, 9.17) is 0 Å². The van der Waals surface area contributed by atoms with Gasteiger partial charge in [-0.3, -0.25) is 4.79 Å². The molecule has 1 saturated carbocycles. The van der Waals surface area contributed by atoms with Gasteiger partial charge in [0, 0.05) is 37.8 Å². The van der Waals surface area contributed by atoms with E-state index in [1.54, 1.807) is 4.90 Å². The summed E-state index contributed by atoms with van der Waals surface area (Å²) in [4.78, 5) is 16.7. The lowest BCUT2D eigenvalue weighted by Crippen LogP contribution is -3.13. The lowest BCUT2D eigenvalue weighted by molar-refractivity contribution is -0.909. The van der Waals surface area contributed by atoms with Gasteiger partial charge >= 0.3 is 0 Å². The van der Waals surface area contributed by atoms with E-state index >= 15 is 0 Å². The van der Waals surface area contributed by atoms with E-state index in [2.05, 4.69) is 11.8 Å². The summed E-state index contributed by atoms with van der Waals surface area (Å²) in [7, 11) is 0. The zero-order valence-electron chi connectivity index (χ0n) is 14.5. The quantitative estimate of drug-likeness (QED) is 0.849. The lowest BCUT2D eigenvalue weighted by Gasteiger charge is -2.37. The van der Waals surface area contributed by atoms with Crippen molar-refractivity contribution in [3.63, 3.8) is 0 Å².